The van der Waals surface area contributed by atoms with Crippen LogP contribution in [0.4, 0.5) is 5.69 Å². The van der Waals surface area contributed by atoms with Gasteiger partial charge in [0.2, 0.25) is 11.8 Å². The number of rotatable bonds is 4. The number of imidazole rings is 1. The van der Waals surface area contributed by atoms with E-state index in [-0.39, 0.29) is 17.6 Å². The Labute approximate surface area is 150 Å². The third-order valence-electron chi connectivity index (χ3n) is 3.83. The van der Waals surface area contributed by atoms with E-state index in [0.717, 1.165) is 27.8 Å². The van der Waals surface area contributed by atoms with Crippen molar-refractivity contribution in [1.29, 1.82) is 0 Å². The van der Waals surface area contributed by atoms with Crippen LogP contribution < -0.4 is 5.32 Å². The lowest BCUT2D eigenvalue weighted by Gasteiger charge is -2.09. The zero-order valence-electron chi connectivity index (χ0n) is 14.4. The van der Waals surface area contributed by atoms with Gasteiger partial charge in [-0.3, -0.25) is 14.2 Å². The number of fused-ring (bicyclic) bond motifs is 1. The molecule has 0 fully saturated rings. The fourth-order valence-corrected chi connectivity index (χ4v) is 3.53. The van der Waals surface area contributed by atoms with Gasteiger partial charge in [-0.1, -0.05) is 41.6 Å². The number of benzene rings is 2. The number of carbonyl (C=O) groups is 2. The Morgan fingerprint density at radius 3 is 2.64 bits per heavy atom. The molecule has 0 aliphatic heterocycles. The number of aromatic nitrogens is 2. The van der Waals surface area contributed by atoms with Crippen LogP contribution in [0.2, 0.25) is 0 Å². The van der Waals surface area contributed by atoms with Gasteiger partial charge in [0.05, 0.1) is 16.8 Å². The lowest BCUT2D eigenvalue weighted by atomic mass is 10.1. The number of carbonyl (C=O) groups excluding carboxylic acids is 2. The molecule has 2 aromatic carbocycles. The lowest BCUT2D eigenvalue weighted by Crippen LogP contribution is -2.16. The van der Waals surface area contributed by atoms with Crippen molar-refractivity contribution in [3.8, 4) is 0 Å². The van der Waals surface area contributed by atoms with Crippen LogP contribution in [0.25, 0.3) is 11.0 Å². The number of nitrogens with zero attached hydrogens (tertiary/aromatic N) is 2. The van der Waals surface area contributed by atoms with E-state index in [2.05, 4.69) is 10.3 Å². The maximum absolute atomic E-state index is 12.3. The third-order valence-corrected chi connectivity index (χ3v) is 4.77. The van der Waals surface area contributed by atoms with E-state index >= 15 is 0 Å². The number of hydrogen-bond acceptors (Lipinski definition) is 4. The average Bonchev–Trinajstić information content (AvgIpc) is 2.94. The van der Waals surface area contributed by atoms with E-state index in [4.69, 9.17) is 0 Å². The van der Waals surface area contributed by atoms with Gasteiger partial charge < -0.3 is 5.32 Å². The molecule has 0 bridgehead atoms. The summed E-state index contributed by atoms with van der Waals surface area (Å²) in [6.07, 6.45) is 0. The average molecular weight is 353 g/mol. The first-order valence-corrected chi connectivity index (χ1v) is 8.92. The van der Waals surface area contributed by atoms with E-state index in [0.29, 0.717) is 5.16 Å². The Kier molecular flexibility index (Phi) is 4.90. The van der Waals surface area contributed by atoms with Crippen LogP contribution in [0.15, 0.2) is 47.6 Å². The molecule has 0 unspecified atom stereocenters. The summed E-state index contributed by atoms with van der Waals surface area (Å²) in [6, 6.07) is 13.3. The van der Waals surface area contributed by atoms with Gasteiger partial charge in [0.1, 0.15) is 0 Å². The topological polar surface area (TPSA) is 64.0 Å². The van der Waals surface area contributed by atoms with Gasteiger partial charge in [0.25, 0.3) is 0 Å². The Morgan fingerprint density at radius 2 is 1.92 bits per heavy atom. The number of amides is 1. The van der Waals surface area contributed by atoms with Gasteiger partial charge in [-0.25, -0.2) is 4.98 Å². The molecule has 0 radical (unpaired) electrons. The van der Waals surface area contributed by atoms with E-state index in [1.165, 1.54) is 18.7 Å². The van der Waals surface area contributed by atoms with Crippen molar-refractivity contribution in [2.45, 2.75) is 25.9 Å². The molecule has 0 aliphatic carbocycles. The molecular formula is C19H19N3O2S. The minimum Gasteiger partial charge on any atom is -0.325 e. The molecule has 128 valence electrons. The van der Waals surface area contributed by atoms with Gasteiger partial charge in [0.15, 0.2) is 5.16 Å². The largest absolute Gasteiger partial charge is 0.325 e. The van der Waals surface area contributed by atoms with Gasteiger partial charge in [-0.2, -0.15) is 0 Å². The highest BCUT2D eigenvalue weighted by molar-refractivity contribution is 7.99. The zero-order chi connectivity index (χ0) is 18.0. The fraction of sp³-hybridized carbons (Fsp3) is 0.211. The summed E-state index contributed by atoms with van der Waals surface area (Å²) in [7, 11) is 0. The summed E-state index contributed by atoms with van der Waals surface area (Å²) in [5, 5.41) is 3.44. The predicted molar refractivity (Wildman–Crippen MR) is 101 cm³/mol. The molecule has 1 aromatic heterocycles. The predicted octanol–water partition coefficient (Wildman–Crippen LogP) is 4.04. The molecule has 0 aliphatic rings. The highest BCUT2D eigenvalue weighted by atomic mass is 32.2. The number of anilines is 1. The van der Waals surface area contributed by atoms with Crippen LogP contribution in [0, 0.1) is 13.8 Å². The number of hydrogen-bond donors (Lipinski definition) is 1. The van der Waals surface area contributed by atoms with Gasteiger partial charge in [0, 0.05) is 12.6 Å². The van der Waals surface area contributed by atoms with Crippen molar-refractivity contribution in [1.82, 2.24) is 9.55 Å². The maximum atomic E-state index is 12.3. The van der Waals surface area contributed by atoms with Gasteiger partial charge in [-0.05, 0) is 37.6 Å². The van der Waals surface area contributed by atoms with Crippen molar-refractivity contribution in [2.75, 3.05) is 11.1 Å². The van der Waals surface area contributed by atoms with E-state index in [9.17, 15) is 9.59 Å². The molecule has 5 nitrogen and oxygen atoms in total. The van der Waals surface area contributed by atoms with Crippen molar-refractivity contribution >= 4 is 40.3 Å². The van der Waals surface area contributed by atoms with Crippen LogP contribution >= 0.6 is 11.8 Å². The number of thioether (sulfide) groups is 1. The number of nitrogens with one attached hydrogen (secondary N) is 1. The minimum absolute atomic E-state index is 0.119. The first-order valence-electron chi connectivity index (χ1n) is 7.94. The molecule has 1 N–H and O–H groups in total. The molecule has 3 aromatic rings. The minimum atomic E-state index is -0.126. The lowest BCUT2D eigenvalue weighted by molar-refractivity contribution is -0.113. The molecule has 1 heterocycles. The second-order valence-electron chi connectivity index (χ2n) is 5.89. The third kappa shape index (κ3) is 3.74. The summed E-state index contributed by atoms with van der Waals surface area (Å²) < 4.78 is 1.55. The normalized spacial score (nSPS) is 10.8. The Balaban J connectivity index is 1.75. The highest BCUT2D eigenvalue weighted by Crippen LogP contribution is 2.24. The molecule has 0 saturated carbocycles. The first kappa shape index (κ1) is 17.2. The molecule has 0 saturated heterocycles. The summed E-state index contributed by atoms with van der Waals surface area (Å²) in [6.45, 7) is 5.47. The van der Waals surface area contributed by atoms with Crippen molar-refractivity contribution < 1.29 is 9.59 Å². The van der Waals surface area contributed by atoms with Crippen molar-refractivity contribution in [3.63, 3.8) is 0 Å². The number of para-hydroxylation sites is 2. The van der Waals surface area contributed by atoms with Crippen LogP contribution in [-0.4, -0.2) is 27.1 Å². The smallest absolute Gasteiger partial charge is 0.234 e. The van der Waals surface area contributed by atoms with Crippen LogP contribution in [0.5, 0.6) is 0 Å². The van der Waals surface area contributed by atoms with Crippen molar-refractivity contribution in [2.24, 2.45) is 0 Å². The molecule has 3 rings (SSSR count). The second-order valence-corrected chi connectivity index (χ2v) is 6.84. The van der Waals surface area contributed by atoms with Gasteiger partial charge in [-0.15, -0.1) is 0 Å². The Morgan fingerprint density at radius 1 is 1.16 bits per heavy atom. The summed E-state index contributed by atoms with van der Waals surface area (Å²) in [5.41, 5.74) is 4.48. The standard InChI is InChI=1S/C19H19N3O2S/c1-12-8-9-15(13(2)10-12)20-18(24)11-25-19-21-16-6-4-5-7-17(16)22(19)14(3)23/h4-10H,11H2,1-3H3,(H,20,24). The van der Waals surface area contributed by atoms with E-state index in [1.54, 1.807) is 4.57 Å². The maximum Gasteiger partial charge on any atom is 0.234 e. The highest BCUT2D eigenvalue weighted by Gasteiger charge is 2.15. The SMILES string of the molecule is CC(=O)n1c(SCC(=O)Nc2ccc(C)cc2C)nc2ccccc21. The van der Waals surface area contributed by atoms with E-state index < -0.39 is 0 Å². The monoisotopic (exact) mass is 353 g/mol. The van der Waals surface area contributed by atoms with Crippen molar-refractivity contribution in [3.05, 3.63) is 53.6 Å². The summed E-state index contributed by atoms with van der Waals surface area (Å²) in [4.78, 5) is 28.7. The fourth-order valence-electron chi connectivity index (χ4n) is 2.68. The van der Waals surface area contributed by atoms with Crippen LogP contribution in [0.1, 0.15) is 22.8 Å². The van der Waals surface area contributed by atoms with E-state index in [1.807, 2.05) is 56.3 Å². The Bertz CT molecular complexity index is 962. The summed E-state index contributed by atoms with van der Waals surface area (Å²) in [5.74, 6) is -0.0608. The quantitative estimate of drug-likeness (QED) is 0.719. The zero-order valence-corrected chi connectivity index (χ0v) is 15.2. The molecule has 1 amide bonds. The summed E-state index contributed by atoms with van der Waals surface area (Å²) >= 11 is 1.26. The first-order chi connectivity index (χ1) is 12.0. The van der Waals surface area contributed by atoms with Gasteiger partial charge >= 0.3 is 0 Å². The second kappa shape index (κ2) is 7.11. The van der Waals surface area contributed by atoms with Crippen LogP contribution in [0.3, 0.4) is 0 Å². The molecular weight excluding hydrogens is 334 g/mol. The molecule has 6 heteroatoms. The number of aryl methyl sites for hydroxylation is 2. The Hall–Kier alpha value is -2.60. The molecule has 0 spiro atoms. The van der Waals surface area contributed by atoms with Crippen LogP contribution in [-0.2, 0) is 4.79 Å². The molecule has 0 atom stereocenters. The molecule has 25 heavy (non-hydrogen) atoms.